The van der Waals surface area contributed by atoms with Gasteiger partial charge in [0.1, 0.15) is 5.75 Å². The average molecular weight is 282 g/mol. The third kappa shape index (κ3) is 3.14. The Morgan fingerprint density at radius 1 is 1.19 bits per heavy atom. The van der Waals surface area contributed by atoms with E-state index in [4.69, 9.17) is 10.00 Å². The van der Waals surface area contributed by atoms with Gasteiger partial charge in [-0.1, -0.05) is 0 Å². The van der Waals surface area contributed by atoms with Gasteiger partial charge in [0.05, 0.1) is 24.8 Å². The summed E-state index contributed by atoms with van der Waals surface area (Å²) in [6.07, 6.45) is 0.310. The van der Waals surface area contributed by atoms with Crippen LogP contribution in [0.5, 0.6) is 5.75 Å². The predicted molar refractivity (Wildman–Crippen MR) is 80.5 cm³/mol. The Hall–Kier alpha value is -2.54. The zero-order valence-electron chi connectivity index (χ0n) is 12.3. The van der Waals surface area contributed by atoms with Gasteiger partial charge in [0.15, 0.2) is 0 Å². The maximum absolute atomic E-state index is 12.6. The Balaban J connectivity index is 2.29. The molecule has 0 N–H and O–H groups in total. The third-order valence-electron chi connectivity index (χ3n) is 3.31. The Labute approximate surface area is 124 Å². The van der Waals surface area contributed by atoms with Crippen molar-refractivity contribution < 1.29 is 9.53 Å². The topological polar surface area (TPSA) is 55.0 Å². The molecule has 0 atom stereocenters. The van der Waals surface area contributed by atoms with E-state index in [-0.39, 0.29) is 5.78 Å². The summed E-state index contributed by atoms with van der Waals surface area (Å²) in [6, 6.07) is 12.9. The van der Waals surface area contributed by atoms with Gasteiger partial charge in [0, 0.05) is 17.8 Å². The highest BCUT2D eigenvalue weighted by molar-refractivity contribution is 6.08. The number of carbonyl (C=O) groups is 1. The maximum Gasteiger partial charge on any atom is 0.209 e. The molecule has 4 nitrogen and oxygen atoms in total. The molecule has 1 aromatic heterocycles. The van der Waals surface area contributed by atoms with E-state index in [0.717, 1.165) is 11.4 Å². The lowest BCUT2D eigenvalue weighted by Gasteiger charge is -2.09. The minimum absolute atomic E-state index is 0.0379. The second kappa shape index (κ2) is 6.76. The third-order valence-corrected chi connectivity index (χ3v) is 3.31. The maximum atomic E-state index is 12.6. The molecule has 2 rings (SSSR count). The predicted octanol–water partition coefficient (Wildman–Crippen LogP) is 3.20. The summed E-state index contributed by atoms with van der Waals surface area (Å²) < 4.78 is 7.27. The molecule has 21 heavy (non-hydrogen) atoms. The van der Waals surface area contributed by atoms with Crippen LogP contribution in [0.25, 0.3) is 0 Å². The Morgan fingerprint density at radius 3 is 2.48 bits per heavy atom. The standard InChI is InChI=1S/C17H18N2O2/c1-3-19-14(11-12-18)7-10-16(19)17(20)13-5-8-15(9-6-13)21-4-2/h5-10H,3-4,11H2,1-2H3. The molecule has 0 aliphatic carbocycles. The molecule has 0 fully saturated rings. The molecule has 0 unspecified atom stereocenters. The van der Waals surface area contributed by atoms with Gasteiger partial charge in [-0.3, -0.25) is 4.79 Å². The largest absolute Gasteiger partial charge is 0.494 e. The van der Waals surface area contributed by atoms with Gasteiger partial charge in [-0.25, -0.2) is 0 Å². The molecule has 0 radical (unpaired) electrons. The van der Waals surface area contributed by atoms with Crippen molar-refractivity contribution >= 4 is 5.78 Å². The fraction of sp³-hybridized carbons (Fsp3) is 0.294. The first kappa shape index (κ1) is 14.9. The van der Waals surface area contributed by atoms with E-state index in [9.17, 15) is 4.79 Å². The number of ketones is 1. The fourth-order valence-corrected chi connectivity index (χ4v) is 2.33. The summed E-state index contributed by atoms with van der Waals surface area (Å²) in [5.74, 6) is 0.717. The van der Waals surface area contributed by atoms with Crippen molar-refractivity contribution in [3.8, 4) is 11.8 Å². The van der Waals surface area contributed by atoms with E-state index < -0.39 is 0 Å². The number of nitrogens with zero attached hydrogens (tertiary/aromatic N) is 2. The fourth-order valence-electron chi connectivity index (χ4n) is 2.33. The molecular formula is C17H18N2O2. The van der Waals surface area contributed by atoms with Crippen molar-refractivity contribution in [2.45, 2.75) is 26.8 Å². The van der Waals surface area contributed by atoms with Crippen molar-refractivity contribution in [1.82, 2.24) is 4.57 Å². The molecule has 0 amide bonds. The van der Waals surface area contributed by atoms with Crippen LogP contribution in [0, 0.1) is 11.3 Å². The second-order valence-corrected chi connectivity index (χ2v) is 4.58. The van der Waals surface area contributed by atoms with Crippen molar-refractivity contribution in [3.63, 3.8) is 0 Å². The van der Waals surface area contributed by atoms with E-state index in [1.807, 2.05) is 24.5 Å². The number of carbonyl (C=O) groups excluding carboxylic acids is 1. The molecule has 0 aliphatic heterocycles. The summed E-state index contributed by atoms with van der Waals surface area (Å²) >= 11 is 0. The van der Waals surface area contributed by atoms with Gasteiger partial charge in [-0.05, 0) is 50.2 Å². The highest BCUT2D eigenvalue weighted by atomic mass is 16.5. The number of ether oxygens (including phenoxy) is 1. The molecule has 0 spiro atoms. The van der Waals surface area contributed by atoms with Gasteiger partial charge < -0.3 is 9.30 Å². The van der Waals surface area contributed by atoms with Crippen molar-refractivity contribution in [1.29, 1.82) is 5.26 Å². The molecule has 0 saturated carbocycles. The van der Waals surface area contributed by atoms with Crippen LogP contribution in [0.15, 0.2) is 36.4 Å². The summed E-state index contributed by atoms with van der Waals surface area (Å²) in [7, 11) is 0. The smallest absolute Gasteiger partial charge is 0.209 e. The Kier molecular flexibility index (Phi) is 4.78. The average Bonchev–Trinajstić information content (AvgIpc) is 2.91. The van der Waals surface area contributed by atoms with Crippen LogP contribution in [-0.4, -0.2) is 17.0 Å². The van der Waals surface area contributed by atoms with Gasteiger partial charge in [-0.15, -0.1) is 0 Å². The van der Waals surface area contributed by atoms with Crippen LogP contribution in [0.1, 0.15) is 35.6 Å². The van der Waals surface area contributed by atoms with Crippen molar-refractivity contribution in [2.24, 2.45) is 0 Å². The van der Waals surface area contributed by atoms with Crippen molar-refractivity contribution in [2.75, 3.05) is 6.61 Å². The van der Waals surface area contributed by atoms with E-state index in [2.05, 4.69) is 6.07 Å². The van der Waals surface area contributed by atoms with E-state index in [0.29, 0.717) is 30.8 Å². The van der Waals surface area contributed by atoms with Gasteiger partial charge >= 0.3 is 0 Å². The van der Waals surface area contributed by atoms with Gasteiger partial charge in [0.2, 0.25) is 5.78 Å². The zero-order valence-corrected chi connectivity index (χ0v) is 12.3. The molecule has 0 bridgehead atoms. The lowest BCUT2D eigenvalue weighted by Crippen LogP contribution is -2.11. The van der Waals surface area contributed by atoms with Gasteiger partial charge in [0.25, 0.3) is 0 Å². The lowest BCUT2D eigenvalue weighted by atomic mass is 10.1. The zero-order chi connectivity index (χ0) is 15.2. The van der Waals surface area contributed by atoms with Crippen molar-refractivity contribution in [3.05, 3.63) is 53.3 Å². The highest BCUT2D eigenvalue weighted by Gasteiger charge is 2.15. The molecular weight excluding hydrogens is 264 g/mol. The number of aromatic nitrogens is 1. The van der Waals surface area contributed by atoms with Crippen LogP contribution in [-0.2, 0) is 13.0 Å². The first-order chi connectivity index (χ1) is 10.2. The summed E-state index contributed by atoms with van der Waals surface area (Å²) in [5.41, 5.74) is 2.11. The summed E-state index contributed by atoms with van der Waals surface area (Å²) in [4.78, 5) is 12.6. The number of benzene rings is 1. The molecule has 0 aliphatic rings. The first-order valence-electron chi connectivity index (χ1n) is 7.04. The highest BCUT2D eigenvalue weighted by Crippen LogP contribution is 2.18. The van der Waals surface area contributed by atoms with Crippen LogP contribution in [0.3, 0.4) is 0 Å². The molecule has 1 heterocycles. The van der Waals surface area contributed by atoms with E-state index in [1.165, 1.54) is 0 Å². The van der Waals surface area contributed by atoms with Gasteiger partial charge in [-0.2, -0.15) is 5.26 Å². The summed E-state index contributed by atoms with van der Waals surface area (Å²) in [5, 5.41) is 8.82. The SMILES string of the molecule is CCOc1ccc(C(=O)c2ccc(CC#N)n2CC)cc1. The number of hydrogen-bond donors (Lipinski definition) is 0. The molecule has 0 saturated heterocycles. The van der Waals surface area contributed by atoms with E-state index >= 15 is 0 Å². The van der Waals surface area contributed by atoms with Crippen LogP contribution >= 0.6 is 0 Å². The molecule has 1 aromatic carbocycles. The molecule has 4 heteroatoms. The Bertz CT molecular complexity index is 663. The number of rotatable bonds is 6. The monoisotopic (exact) mass is 282 g/mol. The normalized spacial score (nSPS) is 10.1. The van der Waals surface area contributed by atoms with E-state index in [1.54, 1.807) is 30.3 Å². The van der Waals surface area contributed by atoms with Crippen LogP contribution < -0.4 is 4.74 Å². The minimum Gasteiger partial charge on any atom is -0.494 e. The number of nitriles is 1. The first-order valence-corrected chi connectivity index (χ1v) is 7.04. The molecule has 2 aromatic rings. The summed E-state index contributed by atoms with van der Waals surface area (Å²) in [6.45, 7) is 5.16. The van der Waals surface area contributed by atoms with Crippen LogP contribution in [0.4, 0.5) is 0 Å². The lowest BCUT2D eigenvalue weighted by molar-refractivity contribution is 0.103. The second-order valence-electron chi connectivity index (χ2n) is 4.58. The minimum atomic E-state index is -0.0379. The number of hydrogen-bond acceptors (Lipinski definition) is 3. The molecule has 108 valence electrons. The quantitative estimate of drug-likeness (QED) is 0.764. The van der Waals surface area contributed by atoms with Crippen LogP contribution in [0.2, 0.25) is 0 Å². The Morgan fingerprint density at radius 2 is 1.90 bits per heavy atom.